The predicted molar refractivity (Wildman–Crippen MR) is 90.5 cm³/mol. The molecule has 6 nitrogen and oxygen atoms in total. The second-order valence-electron chi connectivity index (χ2n) is 6.03. The van der Waals surface area contributed by atoms with E-state index in [9.17, 15) is 10.1 Å². The van der Waals surface area contributed by atoms with Gasteiger partial charge in [0.25, 0.3) is 5.56 Å². The summed E-state index contributed by atoms with van der Waals surface area (Å²) in [5.74, 6) is 0. The van der Waals surface area contributed by atoms with Crippen LogP contribution < -0.4 is 5.56 Å². The lowest BCUT2D eigenvalue weighted by Gasteiger charge is -2.19. The summed E-state index contributed by atoms with van der Waals surface area (Å²) in [6, 6.07) is 12.6. The SMILES string of the molecule is N#Cc1c2n(c3c(=O)[nH]cnc13)CCN(Cc1ccccc1)CC2. The molecule has 0 radical (unpaired) electrons. The first-order valence-electron chi connectivity index (χ1n) is 8.03. The molecule has 1 aliphatic heterocycles. The molecular weight excluding hydrogens is 302 g/mol. The average Bonchev–Trinajstić information content (AvgIpc) is 2.78. The third kappa shape index (κ3) is 2.39. The highest BCUT2D eigenvalue weighted by atomic mass is 16.1. The fraction of sp³-hybridized carbons (Fsp3) is 0.278. The van der Waals surface area contributed by atoms with E-state index in [0.29, 0.717) is 23.1 Å². The Bertz CT molecular complexity index is 980. The largest absolute Gasteiger partial charge is 0.336 e. The number of aromatic nitrogens is 3. The number of nitrogens with zero attached hydrogens (tertiary/aromatic N) is 4. The monoisotopic (exact) mass is 319 g/mol. The smallest absolute Gasteiger partial charge is 0.275 e. The summed E-state index contributed by atoms with van der Waals surface area (Å²) in [6.45, 7) is 3.26. The molecule has 3 heterocycles. The minimum atomic E-state index is -0.181. The second-order valence-corrected chi connectivity index (χ2v) is 6.03. The van der Waals surface area contributed by atoms with Crippen molar-refractivity contribution in [3.63, 3.8) is 0 Å². The zero-order valence-electron chi connectivity index (χ0n) is 13.2. The molecule has 1 N–H and O–H groups in total. The molecule has 24 heavy (non-hydrogen) atoms. The summed E-state index contributed by atoms with van der Waals surface area (Å²) in [5, 5.41) is 9.54. The minimum Gasteiger partial charge on any atom is -0.336 e. The van der Waals surface area contributed by atoms with Gasteiger partial charge in [-0.25, -0.2) is 4.98 Å². The summed E-state index contributed by atoms with van der Waals surface area (Å²) >= 11 is 0. The topological polar surface area (TPSA) is 77.7 Å². The quantitative estimate of drug-likeness (QED) is 0.779. The summed E-state index contributed by atoms with van der Waals surface area (Å²) < 4.78 is 1.98. The molecule has 4 rings (SSSR count). The molecule has 1 aliphatic rings. The van der Waals surface area contributed by atoms with Gasteiger partial charge in [-0.05, 0) is 5.56 Å². The van der Waals surface area contributed by atoms with Crippen molar-refractivity contribution in [2.45, 2.75) is 19.5 Å². The van der Waals surface area contributed by atoms with Crippen molar-refractivity contribution < 1.29 is 0 Å². The van der Waals surface area contributed by atoms with Crippen molar-refractivity contribution in [3.8, 4) is 6.07 Å². The summed E-state index contributed by atoms with van der Waals surface area (Å²) in [5.41, 5.74) is 3.59. The van der Waals surface area contributed by atoms with Crippen LogP contribution in [0.4, 0.5) is 0 Å². The Kier molecular flexibility index (Phi) is 3.63. The van der Waals surface area contributed by atoms with Gasteiger partial charge >= 0.3 is 0 Å². The average molecular weight is 319 g/mol. The van der Waals surface area contributed by atoms with E-state index in [0.717, 1.165) is 31.7 Å². The number of nitriles is 1. The number of nitrogens with one attached hydrogen (secondary N) is 1. The molecule has 0 saturated heterocycles. The minimum absolute atomic E-state index is 0.181. The molecule has 0 atom stereocenters. The van der Waals surface area contributed by atoms with Crippen LogP contribution in [0.25, 0.3) is 11.0 Å². The lowest BCUT2D eigenvalue weighted by Crippen LogP contribution is -2.26. The van der Waals surface area contributed by atoms with Crippen LogP contribution in [0.2, 0.25) is 0 Å². The highest BCUT2D eigenvalue weighted by Crippen LogP contribution is 2.24. The van der Waals surface area contributed by atoms with Crippen LogP contribution in [-0.4, -0.2) is 32.5 Å². The van der Waals surface area contributed by atoms with Crippen molar-refractivity contribution in [1.82, 2.24) is 19.4 Å². The first-order valence-corrected chi connectivity index (χ1v) is 8.03. The van der Waals surface area contributed by atoms with Crippen LogP contribution in [-0.2, 0) is 19.5 Å². The van der Waals surface area contributed by atoms with E-state index in [2.05, 4.69) is 33.1 Å². The number of rotatable bonds is 2. The van der Waals surface area contributed by atoms with Gasteiger partial charge in [0.15, 0.2) is 0 Å². The molecule has 0 fully saturated rings. The Balaban J connectivity index is 1.69. The highest BCUT2D eigenvalue weighted by Gasteiger charge is 2.23. The summed E-state index contributed by atoms with van der Waals surface area (Å²) in [6.07, 6.45) is 2.11. The number of aromatic amines is 1. The maximum atomic E-state index is 12.2. The Morgan fingerprint density at radius 3 is 2.83 bits per heavy atom. The molecule has 1 aromatic carbocycles. The van der Waals surface area contributed by atoms with Crippen LogP contribution in [0.15, 0.2) is 41.5 Å². The van der Waals surface area contributed by atoms with Crippen molar-refractivity contribution in [2.75, 3.05) is 13.1 Å². The second kappa shape index (κ2) is 5.95. The lowest BCUT2D eigenvalue weighted by molar-refractivity contribution is 0.272. The first-order chi connectivity index (χ1) is 11.8. The maximum Gasteiger partial charge on any atom is 0.275 e. The molecule has 120 valence electrons. The van der Waals surface area contributed by atoms with Crippen molar-refractivity contribution in [2.24, 2.45) is 0 Å². The van der Waals surface area contributed by atoms with Crippen molar-refractivity contribution in [1.29, 1.82) is 5.26 Å². The predicted octanol–water partition coefficient (Wildman–Crippen LogP) is 1.65. The summed E-state index contributed by atoms with van der Waals surface area (Å²) in [7, 11) is 0. The fourth-order valence-corrected chi connectivity index (χ4v) is 3.47. The zero-order chi connectivity index (χ0) is 16.5. The molecule has 6 heteroatoms. The van der Waals surface area contributed by atoms with Crippen LogP contribution >= 0.6 is 0 Å². The van der Waals surface area contributed by atoms with Crippen LogP contribution in [0.3, 0.4) is 0 Å². The third-order valence-electron chi connectivity index (χ3n) is 4.62. The van der Waals surface area contributed by atoms with Gasteiger partial charge < -0.3 is 9.55 Å². The van der Waals surface area contributed by atoms with Gasteiger partial charge in [0.1, 0.15) is 17.1 Å². The van der Waals surface area contributed by atoms with E-state index < -0.39 is 0 Å². The van der Waals surface area contributed by atoms with Crippen molar-refractivity contribution in [3.05, 3.63) is 63.8 Å². The van der Waals surface area contributed by atoms with E-state index >= 15 is 0 Å². The Labute approximate surface area is 139 Å². The number of fused-ring (bicyclic) bond motifs is 3. The Morgan fingerprint density at radius 2 is 2.04 bits per heavy atom. The molecule has 0 spiro atoms. The molecule has 0 unspecified atom stereocenters. The van der Waals surface area contributed by atoms with E-state index in [4.69, 9.17) is 0 Å². The van der Waals surface area contributed by atoms with Gasteiger partial charge in [0.2, 0.25) is 0 Å². The van der Waals surface area contributed by atoms with Crippen molar-refractivity contribution >= 4 is 11.0 Å². The van der Waals surface area contributed by atoms with Gasteiger partial charge in [0, 0.05) is 38.3 Å². The number of benzene rings is 1. The van der Waals surface area contributed by atoms with Crippen LogP contribution in [0.5, 0.6) is 0 Å². The van der Waals surface area contributed by atoms with Gasteiger partial charge in [0.05, 0.1) is 11.9 Å². The lowest BCUT2D eigenvalue weighted by atomic mass is 10.1. The standard InChI is InChI=1S/C18H17N5O/c19-10-14-15-6-7-22(11-13-4-2-1-3-5-13)8-9-23(15)17-16(14)20-12-21-18(17)24/h1-5,12H,6-9,11H2,(H,20,21,24). The van der Waals surface area contributed by atoms with Gasteiger partial charge in [-0.2, -0.15) is 5.26 Å². The molecule has 0 amide bonds. The number of H-pyrrole nitrogens is 1. The molecule has 0 saturated carbocycles. The van der Waals surface area contributed by atoms with E-state index in [1.54, 1.807) is 0 Å². The Hall–Kier alpha value is -2.91. The maximum absolute atomic E-state index is 12.2. The van der Waals surface area contributed by atoms with E-state index in [-0.39, 0.29) is 5.56 Å². The van der Waals surface area contributed by atoms with E-state index in [1.807, 2.05) is 22.8 Å². The highest BCUT2D eigenvalue weighted by molar-refractivity contribution is 5.83. The van der Waals surface area contributed by atoms with Crippen LogP contribution in [0, 0.1) is 11.3 Å². The molecule has 2 aromatic heterocycles. The fourth-order valence-electron chi connectivity index (χ4n) is 3.47. The normalized spacial score (nSPS) is 15.0. The van der Waals surface area contributed by atoms with E-state index in [1.165, 1.54) is 11.9 Å². The first kappa shape index (κ1) is 14.7. The van der Waals surface area contributed by atoms with Crippen LogP contribution in [0.1, 0.15) is 16.8 Å². The third-order valence-corrected chi connectivity index (χ3v) is 4.62. The molecule has 3 aromatic rings. The Morgan fingerprint density at radius 1 is 1.21 bits per heavy atom. The summed E-state index contributed by atoms with van der Waals surface area (Å²) in [4.78, 5) is 21.4. The number of hydrogen-bond acceptors (Lipinski definition) is 4. The molecule has 0 aliphatic carbocycles. The number of hydrogen-bond donors (Lipinski definition) is 1. The van der Waals surface area contributed by atoms with Gasteiger partial charge in [-0.1, -0.05) is 30.3 Å². The zero-order valence-corrected chi connectivity index (χ0v) is 13.2. The molecular formula is C18H17N5O. The van der Waals surface area contributed by atoms with Gasteiger partial charge in [-0.15, -0.1) is 0 Å². The van der Waals surface area contributed by atoms with Gasteiger partial charge in [-0.3, -0.25) is 9.69 Å². The molecule has 0 bridgehead atoms.